The van der Waals surface area contributed by atoms with E-state index in [0.29, 0.717) is 5.56 Å². The average Bonchev–Trinajstić information content (AvgIpc) is 2.05. The van der Waals surface area contributed by atoms with Gasteiger partial charge in [-0.05, 0) is 24.3 Å². The fraction of sp³-hybridized carbons (Fsp3) is 0.125. The highest BCUT2D eigenvalue weighted by atomic mass is 16.5. The smallest absolute Gasteiger partial charge is 0.337 e. The second-order valence-corrected chi connectivity index (χ2v) is 2.04. The molecule has 0 saturated heterocycles. The lowest BCUT2D eigenvalue weighted by atomic mass is 10.2. The van der Waals surface area contributed by atoms with Gasteiger partial charge in [0, 0.05) is 0 Å². The predicted octanol–water partition coefficient (Wildman–Crippen LogP) is 1.17. The van der Waals surface area contributed by atoms with Gasteiger partial charge in [-0.25, -0.2) is 4.79 Å². The van der Waals surface area contributed by atoms with Crippen LogP contribution in [0.1, 0.15) is 10.4 Å². The zero-order valence-electron chi connectivity index (χ0n) is 6.07. The number of ether oxygens (including phenoxy) is 1. The quantitative estimate of drug-likeness (QED) is 0.563. The maximum Gasteiger partial charge on any atom is 0.337 e. The first kappa shape index (κ1) is 7.60. The van der Waals surface area contributed by atoms with Crippen LogP contribution in [0.5, 0.6) is 0 Å². The fourth-order valence-corrected chi connectivity index (χ4v) is 0.715. The summed E-state index contributed by atoms with van der Waals surface area (Å²) in [5.74, 6) is -0.398. The molecule has 3 nitrogen and oxygen atoms in total. The Balaban J connectivity index is 2.90. The Morgan fingerprint density at radius 3 is 2.36 bits per heavy atom. The first-order valence-corrected chi connectivity index (χ1v) is 3.11. The van der Waals surface area contributed by atoms with Crippen molar-refractivity contribution in [2.24, 2.45) is 0 Å². The summed E-state index contributed by atoms with van der Waals surface area (Å²) in [4.78, 5) is 10.8. The van der Waals surface area contributed by atoms with Crippen molar-refractivity contribution in [1.82, 2.24) is 5.73 Å². The molecule has 0 fully saturated rings. The fourth-order valence-electron chi connectivity index (χ4n) is 0.715. The van der Waals surface area contributed by atoms with E-state index in [1.165, 1.54) is 31.4 Å². The molecule has 0 aliphatic heterocycles. The molecule has 0 spiro atoms. The maximum absolute atomic E-state index is 10.8. The lowest BCUT2D eigenvalue weighted by molar-refractivity contribution is 0.0601. The van der Waals surface area contributed by atoms with E-state index in [-0.39, 0.29) is 5.69 Å². The zero-order chi connectivity index (χ0) is 8.27. The van der Waals surface area contributed by atoms with Crippen LogP contribution in [0.2, 0.25) is 0 Å². The van der Waals surface area contributed by atoms with Crippen LogP contribution in [0, 0.1) is 0 Å². The summed E-state index contributed by atoms with van der Waals surface area (Å²) in [7, 11) is 1.31. The van der Waals surface area contributed by atoms with E-state index in [0.717, 1.165) is 0 Å². The van der Waals surface area contributed by atoms with E-state index >= 15 is 0 Å². The van der Waals surface area contributed by atoms with Gasteiger partial charge in [0.05, 0.1) is 18.4 Å². The van der Waals surface area contributed by atoms with Crippen LogP contribution in [0.4, 0.5) is 5.69 Å². The highest BCUT2D eigenvalue weighted by molar-refractivity contribution is 5.89. The Bertz CT molecular complexity index is 253. The molecule has 0 bridgehead atoms. The first-order chi connectivity index (χ1) is 5.24. The van der Waals surface area contributed by atoms with E-state index in [1.54, 1.807) is 0 Å². The molecule has 0 atom stereocenters. The Hall–Kier alpha value is -1.51. The number of carbonyl (C=O) groups is 1. The summed E-state index contributed by atoms with van der Waals surface area (Å²) in [6.45, 7) is 0. The molecule has 0 aliphatic rings. The number of hydrogen-bond donors (Lipinski definition) is 0. The van der Waals surface area contributed by atoms with Gasteiger partial charge in [-0.15, -0.1) is 0 Å². The van der Waals surface area contributed by atoms with Crippen molar-refractivity contribution >= 4 is 11.7 Å². The molecule has 1 rings (SSSR count). The highest BCUT2D eigenvalue weighted by Gasteiger charge is 2.02. The lowest BCUT2D eigenvalue weighted by Gasteiger charge is -1.96. The normalized spacial score (nSPS) is 9.18. The Morgan fingerprint density at radius 2 is 1.91 bits per heavy atom. The van der Waals surface area contributed by atoms with Crippen LogP contribution in [0.15, 0.2) is 24.3 Å². The van der Waals surface area contributed by atoms with Crippen LogP contribution in [-0.4, -0.2) is 13.1 Å². The third-order valence-corrected chi connectivity index (χ3v) is 1.29. The predicted molar refractivity (Wildman–Crippen MR) is 39.6 cm³/mol. The van der Waals surface area contributed by atoms with Gasteiger partial charge in [-0.1, -0.05) is 0 Å². The molecule has 0 amide bonds. The summed E-state index contributed by atoms with van der Waals surface area (Å²) >= 11 is 0. The van der Waals surface area contributed by atoms with Gasteiger partial charge in [-0.3, -0.25) is 0 Å². The van der Waals surface area contributed by atoms with Crippen LogP contribution in [0.3, 0.4) is 0 Å². The number of methoxy groups -OCH3 is 1. The van der Waals surface area contributed by atoms with E-state index in [2.05, 4.69) is 4.74 Å². The van der Waals surface area contributed by atoms with E-state index in [1.807, 2.05) is 0 Å². The van der Waals surface area contributed by atoms with Gasteiger partial charge in [0.1, 0.15) is 0 Å². The number of rotatable bonds is 1. The third-order valence-electron chi connectivity index (χ3n) is 1.29. The largest absolute Gasteiger partial charge is 0.465 e. The molecule has 2 radical (unpaired) electrons. The average molecular weight is 149 g/mol. The van der Waals surface area contributed by atoms with Crippen molar-refractivity contribution in [3.8, 4) is 0 Å². The number of benzene rings is 1. The summed E-state index contributed by atoms with van der Waals surface area (Å²) in [5, 5.41) is 0. The molecular formula is C8H7NO2. The molecule has 0 aromatic heterocycles. The molecule has 0 N–H and O–H groups in total. The first-order valence-electron chi connectivity index (χ1n) is 3.11. The number of carbonyl (C=O) groups excluding carboxylic acids is 1. The molecule has 11 heavy (non-hydrogen) atoms. The standard InChI is InChI=1S/C8H7NO2/c1-11-8(10)6-2-4-7(9)5-3-6/h2-5H,1H3. The molecule has 0 unspecified atom stereocenters. The highest BCUT2D eigenvalue weighted by Crippen LogP contribution is 2.07. The van der Waals surface area contributed by atoms with Gasteiger partial charge in [0.25, 0.3) is 0 Å². The second kappa shape index (κ2) is 3.05. The van der Waals surface area contributed by atoms with Crippen LogP contribution < -0.4 is 5.73 Å². The van der Waals surface area contributed by atoms with Crippen molar-refractivity contribution in [3.63, 3.8) is 0 Å². The summed E-state index contributed by atoms with van der Waals surface area (Å²) in [6, 6.07) is 5.88. The van der Waals surface area contributed by atoms with Gasteiger partial charge >= 0.3 is 5.97 Å². The van der Waals surface area contributed by atoms with Gasteiger partial charge in [-0.2, -0.15) is 5.73 Å². The lowest BCUT2D eigenvalue weighted by Crippen LogP contribution is -1.99. The Labute approximate surface area is 64.8 Å². The minimum atomic E-state index is -0.398. The number of nitrogens with zero attached hydrogens (tertiary/aromatic N) is 1. The molecule has 0 aliphatic carbocycles. The van der Waals surface area contributed by atoms with E-state index in [9.17, 15) is 4.79 Å². The van der Waals surface area contributed by atoms with Crippen LogP contribution >= 0.6 is 0 Å². The Kier molecular flexibility index (Phi) is 2.11. The molecule has 3 heteroatoms. The van der Waals surface area contributed by atoms with Crippen molar-refractivity contribution in [3.05, 3.63) is 29.8 Å². The molecule has 0 heterocycles. The van der Waals surface area contributed by atoms with Crippen LogP contribution in [-0.2, 0) is 4.74 Å². The molecule has 1 aromatic carbocycles. The van der Waals surface area contributed by atoms with Gasteiger partial charge in [0.2, 0.25) is 0 Å². The van der Waals surface area contributed by atoms with Crippen molar-refractivity contribution in [2.45, 2.75) is 0 Å². The molecular weight excluding hydrogens is 142 g/mol. The van der Waals surface area contributed by atoms with Gasteiger partial charge in [0.15, 0.2) is 0 Å². The minimum Gasteiger partial charge on any atom is -0.465 e. The van der Waals surface area contributed by atoms with Gasteiger partial charge < -0.3 is 4.74 Å². The van der Waals surface area contributed by atoms with Crippen molar-refractivity contribution in [1.29, 1.82) is 0 Å². The second-order valence-electron chi connectivity index (χ2n) is 2.04. The SMILES string of the molecule is COC(=O)c1ccc([N])cc1. The minimum absolute atomic E-state index is 0.137. The topological polar surface area (TPSA) is 48.6 Å². The van der Waals surface area contributed by atoms with Crippen molar-refractivity contribution < 1.29 is 9.53 Å². The summed E-state index contributed by atoms with van der Waals surface area (Å²) in [6.07, 6.45) is 0. The molecule has 1 aromatic rings. The summed E-state index contributed by atoms with van der Waals surface area (Å²) < 4.78 is 4.46. The third kappa shape index (κ3) is 1.70. The monoisotopic (exact) mass is 149 g/mol. The molecule has 0 saturated carbocycles. The summed E-state index contributed by atoms with van der Waals surface area (Å²) in [5.41, 5.74) is 9.43. The van der Waals surface area contributed by atoms with E-state index in [4.69, 9.17) is 5.73 Å². The zero-order valence-corrected chi connectivity index (χ0v) is 6.07. The Morgan fingerprint density at radius 1 is 1.36 bits per heavy atom. The molecule has 56 valence electrons. The number of esters is 1. The van der Waals surface area contributed by atoms with Crippen LogP contribution in [0.25, 0.3) is 0 Å². The maximum atomic E-state index is 10.8. The van der Waals surface area contributed by atoms with Crippen molar-refractivity contribution in [2.75, 3.05) is 7.11 Å². The van der Waals surface area contributed by atoms with E-state index < -0.39 is 5.97 Å². The number of hydrogen-bond acceptors (Lipinski definition) is 2.